The number of aromatic nitrogens is 1. The number of hydrogen-bond donors (Lipinski definition) is 1. The molecule has 2 aromatic rings. The van der Waals surface area contributed by atoms with E-state index < -0.39 is 0 Å². The molecule has 0 amide bonds. The minimum Gasteiger partial charge on any atom is -0.493 e. The van der Waals surface area contributed by atoms with Gasteiger partial charge in [-0.25, -0.2) is 4.98 Å². The van der Waals surface area contributed by atoms with E-state index in [9.17, 15) is 0 Å². The largest absolute Gasteiger partial charge is 0.493 e. The predicted octanol–water partition coefficient (Wildman–Crippen LogP) is 4.23. The van der Waals surface area contributed by atoms with Gasteiger partial charge in [-0.3, -0.25) is 4.90 Å². The van der Waals surface area contributed by atoms with E-state index in [2.05, 4.69) is 24.1 Å². The van der Waals surface area contributed by atoms with Crippen LogP contribution >= 0.6 is 36.2 Å². The summed E-state index contributed by atoms with van der Waals surface area (Å²) in [6.45, 7) is 7.39. The van der Waals surface area contributed by atoms with Crippen molar-refractivity contribution >= 4 is 36.2 Å². The fraction of sp³-hybridized carbons (Fsp3) is 0.526. The molecule has 27 heavy (non-hydrogen) atoms. The summed E-state index contributed by atoms with van der Waals surface area (Å²) in [4.78, 5) is 7.28. The van der Waals surface area contributed by atoms with E-state index in [-0.39, 0.29) is 36.3 Å². The van der Waals surface area contributed by atoms with Gasteiger partial charge in [0.15, 0.2) is 11.5 Å². The molecular weight excluding hydrogens is 405 g/mol. The maximum absolute atomic E-state index is 6.24. The van der Waals surface area contributed by atoms with Crippen molar-refractivity contribution in [1.82, 2.24) is 9.88 Å². The number of hydrogen-bond acceptors (Lipinski definition) is 6. The summed E-state index contributed by atoms with van der Waals surface area (Å²) in [5.41, 5.74) is 8.45. The molecule has 1 aromatic heterocycles. The number of methoxy groups -OCH3 is 2. The molecule has 1 saturated heterocycles. The lowest BCUT2D eigenvalue weighted by Gasteiger charge is -2.42. The first-order valence-corrected chi connectivity index (χ1v) is 9.46. The highest BCUT2D eigenvalue weighted by Gasteiger charge is 2.33. The minimum absolute atomic E-state index is 0. The van der Waals surface area contributed by atoms with Gasteiger partial charge >= 0.3 is 0 Å². The Bertz CT molecular complexity index is 739. The molecule has 0 spiro atoms. The lowest BCUT2D eigenvalue weighted by Crippen LogP contribution is -2.52. The topological polar surface area (TPSA) is 60.6 Å². The molecule has 5 nitrogen and oxygen atoms in total. The highest BCUT2D eigenvalue weighted by molar-refractivity contribution is 7.13. The average molecular weight is 434 g/mol. The molecule has 1 unspecified atom stereocenters. The molecule has 2 N–H and O–H groups in total. The fourth-order valence-corrected chi connectivity index (χ4v) is 4.24. The minimum atomic E-state index is 0. The molecule has 2 heterocycles. The van der Waals surface area contributed by atoms with Crippen molar-refractivity contribution in [2.45, 2.75) is 32.9 Å². The van der Waals surface area contributed by atoms with Crippen LogP contribution in [0.15, 0.2) is 23.6 Å². The van der Waals surface area contributed by atoms with Crippen LogP contribution in [0.5, 0.6) is 11.5 Å². The Labute approximate surface area is 178 Å². The third-order valence-corrected chi connectivity index (χ3v) is 5.89. The Hall–Kier alpha value is -1.05. The first-order chi connectivity index (χ1) is 11.9. The molecule has 1 atom stereocenters. The van der Waals surface area contributed by atoms with E-state index in [0.29, 0.717) is 0 Å². The lowest BCUT2D eigenvalue weighted by atomic mass is 9.80. The highest BCUT2D eigenvalue weighted by Crippen LogP contribution is 2.39. The number of rotatable bonds is 5. The Morgan fingerprint density at radius 3 is 2.63 bits per heavy atom. The number of nitrogens with zero attached hydrogens (tertiary/aromatic N) is 2. The van der Waals surface area contributed by atoms with Gasteiger partial charge in [-0.1, -0.05) is 19.9 Å². The number of piperidine rings is 1. The molecular formula is C19H29Cl2N3O2S. The van der Waals surface area contributed by atoms with Crippen LogP contribution in [0.4, 0.5) is 0 Å². The van der Waals surface area contributed by atoms with Gasteiger partial charge in [0, 0.05) is 31.1 Å². The van der Waals surface area contributed by atoms with E-state index in [1.807, 2.05) is 18.2 Å². The SMILES string of the molecule is COc1cccc(-c2nc(CN3CCC(N)C(C)(C)C3)cs2)c1OC.Cl.Cl. The highest BCUT2D eigenvalue weighted by atomic mass is 35.5. The molecule has 8 heteroatoms. The number of likely N-dealkylation sites (tertiary alicyclic amines) is 1. The van der Waals surface area contributed by atoms with Gasteiger partial charge in [-0.2, -0.15) is 0 Å². The quantitative estimate of drug-likeness (QED) is 0.763. The smallest absolute Gasteiger partial charge is 0.170 e. The molecule has 0 saturated carbocycles. The number of nitrogens with two attached hydrogens (primary N) is 1. The van der Waals surface area contributed by atoms with Gasteiger partial charge < -0.3 is 15.2 Å². The van der Waals surface area contributed by atoms with Crippen LogP contribution < -0.4 is 15.2 Å². The summed E-state index contributed by atoms with van der Waals surface area (Å²) in [5.74, 6) is 1.46. The van der Waals surface area contributed by atoms with Crippen LogP contribution in [0.1, 0.15) is 26.0 Å². The number of ether oxygens (including phenoxy) is 2. The van der Waals surface area contributed by atoms with Crippen molar-refractivity contribution in [3.8, 4) is 22.1 Å². The summed E-state index contributed by atoms with van der Waals surface area (Å²) >= 11 is 1.64. The van der Waals surface area contributed by atoms with Crippen molar-refractivity contribution in [2.24, 2.45) is 11.1 Å². The Morgan fingerprint density at radius 1 is 1.26 bits per heavy atom. The average Bonchev–Trinajstić information content (AvgIpc) is 3.05. The Kier molecular flexibility index (Phi) is 8.83. The summed E-state index contributed by atoms with van der Waals surface area (Å²) in [5, 5.41) is 3.09. The fourth-order valence-electron chi connectivity index (χ4n) is 3.41. The summed E-state index contributed by atoms with van der Waals surface area (Å²) in [6, 6.07) is 6.16. The summed E-state index contributed by atoms with van der Waals surface area (Å²) < 4.78 is 10.9. The van der Waals surface area contributed by atoms with E-state index >= 15 is 0 Å². The molecule has 0 aliphatic carbocycles. The molecule has 1 aliphatic rings. The number of thiazole rings is 1. The number of halogens is 2. The first kappa shape index (κ1) is 24.0. The maximum Gasteiger partial charge on any atom is 0.170 e. The van der Waals surface area contributed by atoms with Gasteiger partial charge in [-0.05, 0) is 24.0 Å². The number of benzene rings is 1. The van der Waals surface area contributed by atoms with Crippen molar-refractivity contribution in [1.29, 1.82) is 0 Å². The zero-order chi connectivity index (χ0) is 18.0. The van der Waals surface area contributed by atoms with Gasteiger partial charge in [0.25, 0.3) is 0 Å². The van der Waals surface area contributed by atoms with Gasteiger partial charge in [0.05, 0.1) is 25.5 Å². The van der Waals surface area contributed by atoms with Gasteiger partial charge in [0.2, 0.25) is 0 Å². The molecule has 0 bridgehead atoms. The monoisotopic (exact) mass is 433 g/mol. The lowest BCUT2D eigenvalue weighted by molar-refractivity contribution is 0.0891. The van der Waals surface area contributed by atoms with Crippen LogP contribution in [0.25, 0.3) is 10.6 Å². The summed E-state index contributed by atoms with van der Waals surface area (Å²) in [6.07, 6.45) is 1.04. The standard InChI is InChI=1S/C19H27N3O2S.2ClH/c1-19(2)12-22(9-8-16(19)20)10-13-11-25-18(21-13)14-6-5-7-15(23-3)17(14)24-4;;/h5-7,11,16H,8-10,12,20H2,1-4H3;2*1H. The zero-order valence-electron chi connectivity index (χ0n) is 16.2. The normalized spacial score (nSPS) is 18.9. The maximum atomic E-state index is 6.24. The van der Waals surface area contributed by atoms with Crippen molar-refractivity contribution in [2.75, 3.05) is 27.3 Å². The first-order valence-electron chi connectivity index (χ1n) is 8.58. The van der Waals surface area contributed by atoms with Gasteiger partial charge in [-0.15, -0.1) is 36.2 Å². The summed E-state index contributed by atoms with van der Waals surface area (Å²) in [7, 11) is 3.31. The zero-order valence-corrected chi connectivity index (χ0v) is 18.7. The second-order valence-corrected chi connectivity index (χ2v) is 8.14. The number of para-hydroxylation sites is 1. The van der Waals surface area contributed by atoms with E-state index in [0.717, 1.165) is 53.8 Å². The molecule has 1 fully saturated rings. The second kappa shape index (κ2) is 9.94. The third kappa shape index (κ3) is 5.27. The third-order valence-electron chi connectivity index (χ3n) is 4.96. The van der Waals surface area contributed by atoms with Crippen LogP contribution in [0, 0.1) is 5.41 Å². The van der Waals surface area contributed by atoms with Crippen molar-refractivity contribution in [3.63, 3.8) is 0 Å². The van der Waals surface area contributed by atoms with E-state index in [1.165, 1.54) is 0 Å². The Balaban J connectivity index is 0.00000182. The van der Waals surface area contributed by atoms with Crippen LogP contribution in [0.2, 0.25) is 0 Å². The van der Waals surface area contributed by atoms with E-state index in [1.54, 1.807) is 25.6 Å². The predicted molar refractivity (Wildman–Crippen MR) is 117 cm³/mol. The van der Waals surface area contributed by atoms with E-state index in [4.69, 9.17) is 20.2 Å². The second-order valence-electron chi connectivity index (χ2n) is 7.28. The van der Waals surface area contributed by atoms with Crippen LogP contribution in [-0.4, -0.2) is 43.2 Å². The molecule has 1 aromatic carbocycles. The molecule has 152 valence electrons. The molecule has 3 rings (SSSR count). The molecule has 0 radical (unpaired) electrons. The van der Waals surface area contributed by atoms with Crippen LogP contribution in [0.3, 0.4) is 0 Å². The van der Waals surface area contributed by atoms with Crippen molar-refractivity contribution < 1.29 is 9.47 Å². The van der Waals surface area contributed by atoms with Gasteiger partial charge in [0.1, 0.15) is 5.01 Å². The molecule has 1 aliphatic heterocycles. The Morgan fingerprint density at radius 2 is 2.00 bits per heavy atom. The van der Waals surface area contributed by atoms with Crippen LogP contribution in [-0.2, 0) is 6.54 Å². The van der Waals surface area contributed by atoms with Crippen molar-refractivity contribution in [3.05, 3.63) is 29.3 Å².